The summed E-state index contributed by atoms with van der Waals surface area (Å²) in [5, 5.41) is 13.0. The fourth-order valence-electron chi connectivity index (χ4n) is 12.6. The van der Waals surface area contributed by atoms with Gasteiger partial charge in [-0.25, -0.2) is 9.36 Å². The van der Waals surface area contributed by atoms with Crippen molar-refractivity contribution in [2.45, 2.75) is 298 Å². The maximum atomic E-state index is 14.7. The predicted molar refractivity (Wildman–Crippen MR) is 404 cm³/mol. The Labute approximate surface area is 616 Å². The van der Waals surface area contributed by atoms with E-state index in [1.165, 1.54) is 109 Å². The summed E-state index contributed by atoms with van der Waals surface area (Å²) >= 11 is 0. The van der Waals surface area contributed by atoms with Crippen LogP contribution >= 0.6 is 7.82 Å². The van der Waals surface area contributed by atoms with Crippen molar-refractivity contribution in [3.8, 4) is 0 Å². The smallest absolute Gasteiger partial charge is 0.462 e. The van der Waals surface area contributed by atoms with E-state index in [0.717, 1.165) is 66.8 Å². The van der Waals surface area contributed by atoms with Gasteiger partial charge in [-0.3, -0.25) is 42.6 Å². The van der Waals surface area contributed by atoms with Crippen molar-refractivity contribution in [1.29, 1.82) is 0 Å². The summed E-state index contributed by atoms with van der Waals surface area (Å²) in [7, 11) is -4.82. The van der Waals surface area contributed by atoms with Crippen LogP contribution in [0.2, 0.25) is 0 Å². The van der Waals surface area contributed by atoms with Gasteiger partial charge in [-0.15, -0.1) is 0 Å². The van der Waals surface area contributed by atoms with Crippen LogP contribution in [0.25, 0.3) is 10.8 Å². The van der Waals surface area contributed by atoms with Crippen LogP contribution < -0.4 is 21.3 Å². The fourth-order valence-corrected chi connectivity index (χ4v) is 13.4. The van der Waals surface area contributed by atoms with Crippen molar-refractivity contribution in [3.05, 3.63) is 83.9 Å². The monoisotopic (exact) mass is 1460 g/mol. The highest BCUT2D eigenvalue weighted by Crippen LogP contribution is 2.43. The van der Waals surface area contributed by atoms with E-state index in [9.17, 15) is 47.8 Å². The van der Waals surface area contributed by atoms with Gasteiger partial charge in [-0.2, -0.15) is 0 Å². The lowest BCUT2D eigenvalue weighted by atomic mass is 9.95. The van der Waals surface area contributed by atoms with E-state index >= 15 is 0 Å². The van der Waals surface area contributed by atoms with E-state index in [2.05, 4.69) is 35.1 Å². The van der Waals surface area contributed by atoms with Gasteiger partial charge >= 0.3 is 31.8 Å². The quantitative estimate of drug-likeness (QED) is 0.0152. The lowest BCUT2D eigenvalue weighted by Crippen LogP contribution is -2.56. The van der Waals surface area contributed by atoms with Crippen LogP contribution in [0.1, 0.15) is 266 Å². The maximum absolute atomic E-state index is 14.7. The summed E-state index contributed by atoms with van der Waals surface area (Å²) in [5.74, 6) is -5.14. The molecule has 0 spiro atoms. The fraction of sp³-hybridized carbons (Fsp3) is 0.704. The number of unbranched alkanes of at least 4 members (excludes halogenated alkanes) is 24. The van der Waals surface area contributed by atoms with Crippen LogP contribution in [0, 0.1) is 23.7 Å². The largest absolute Gasteiger partial charge is 0.472 e. The molecule has 1 aliphatic heterocycles. The normalized spacial score (nSPS) is 14.7. The number of piperidine rings is 1. The number of ether oxygens (including phenoxy) is 4. The van der Waals surface area contributed by atoms with Crippen LogP contribution in [0.3, 0.4) is 0 Å². The third kappa shape index (κ3) is 39.5. The van der Waals surface area contributed by atoms with Gasteiger partial charge in [-0.05, 0) is 71.8 Å². The Hall–Kier alpha value is -6.41. The summed E-state index contributed by atoms with van der Waals surface area (Å²) in [4.78, 5) is 122. The second-order valence-electron chi connectivity index (χ2n) is 29.4. The van der Waals surface area contributed by atoms with Gasteiger partial charge in [-0.1, -0.05) is 282 Å². The first-order chi connectivity index (χ1) is 49.6. The van der Waals surface area contributed by atoms with E-state index in [-0.39, 0.29) is 95.5 Å². The first kappa shape index (κ1) is 89.0. The molecular weight excluding hydrogens is 1330 g/mol. The number of rotatable bonds is 56. The Morgan fingerprint density at radius 3 is 1.58 bits per heavy atom. The van der Waals surface area contributed by atoms with E-state index < -0.39 is 105 Å². The molecule has 1 fully saturated rings. The number of fused-ring (bicyclic) bond motifs is 1. The van der Waals surface area contributed by atoms with Gasteiger partial charge < -0.3 is 50.0 Å². The Balaban J connectivity index is 1.29. The molecule has 580 valence electrons. The molecule has 0 aromatic heterocycles. The second kappa shape index (κ2) is 52.5. The number of hydrogen-bond donors (Lipinski definition) is 5. The summed E-state index contributed by atoms with van der Waals surface area (Å²) in [5.41, 5.74) is 1.58. The highest BCUT2D eigenvalue weighted by molar-refractivity contribution is 7.47. The van der Waals surface area contributed by atoms with Gasteiger partial charge in [0.25, 0.3) is 5.91 Å². The molecule has 6 unspecified atom stereocenters. The van der Waals surface area contributed by atoms with Crippen LogP contribution in [-0.2, 0) is 79.0 Å². The minimum Gasteiger partial charge on any atom is -0.462 e. The van der Waals surface area contributed by atoms with E-state index in [0.29, 0.717) is 12.8 Å². The Bertz CT molecular complexity index is 2960. The number of hydrogen-bond acceptors (Lipinski definition) is 15. The molecule has 0 radical (unpaired) electrons. The number of carbonyl (C=O) groups is 8. The maximum Gasteiger partial charge on any atom is 0.472 e. The molecule has 1 heterocycles. The van der Waals surface area contributed by atoms with Crippen molar-refractivity contribution >= 4 is 66.2 Å². The first-order valence-corrected chi connectivity index (χ1v) is 40.9. The molecule has 0 aliphatic carbocycles. The molecule has 3 aromatic rings. The van der Waals surface area contributed by atoms with Gasteiger partial charge in [0.2, 0.25) is 17.7 Å². The molecule has 1 aliphatic rings. The van der Waals surface area contributed by atoms with Gasteiger partial charge in [0, 0.05) is 45.3 Å². The van der Waals surface area contributed by atoms with Gasteiger partial charge in [0.15, 0.2) is 12.2 Å². The van der Waals surface area contributed by atoms with Crippen molar-refractivity contribution in [3.63, 3.8) is 0 Å². The van der Waals surface area contributed by atoms with Gasteiger partial charge in [0.05, 0.1) is 25.7 Å². The third-order valence-corrected chi connectivity index (χ3v) is 19.7. The number of esters is 3. The molecule has 6 atom stereocenters. The van der Waals surface area contributed by atoms with Crippen molar-refractivity contribution < 1.29 is 75.8 Å². The van der Waals surface area contributed by atoms with Crippen molar-refractivity contribution in [1.82, 2.24) is 26.2 Å². The number of amides is 5. The van der Waals surface area contributed by atoms with Crippen molar-refractivity contribution in [2.24, 2.45) is 23.7 Å². The number of phosphoric acid groups is 1. The third-order valence-electron chi connectivity index (χ3n) is 18.7. The molecule has 21 nitrogen and oxygen atoms in total. The van der Waals surface area contributed by atoms with Crippen LogP contribution in [-0.4, -0.2) is 134 Å². The average molecular weight is 1460 g/mol. The summed E-state index contributed by atoms with van der Waals surface area (Å²) in [6.45, 7) is 14.1. The van der Waals surface area contributed by atoms with E-state index in [1.54, 1.807) is 18.7 Å². The van der Waals surface area contributed by atoms with Crippen LogP contribution in [0.15, 0.2) is 72.8 Å². The minimum absolute atomic E-state index is 0.0585. The number of alkyl carbamates (subject to hydrolysis) is 1. The zero-order valence-corrected chi connectivity index (χ0v) is 64.8. The van der Waals surface area contributed by atoms with E-state index in [1.807, 2.05) is 100 Å². The van der Waals surface area contributed by atoms with Crippen LogP contribution in [0.4, 0.5) is 4.79 Å². The lowest BCUT2D eigenvalue weighted by Gasteiger charge is -2.34. The lowest BCUT2D eigenvalue weighted by molar-refractivity contribution is -0.163. The van der Waals surface area contributed by atoms with E-state index in [4.69, 9.17) is 28.0 Å². The molecule has 22 heteroatoms. The topological polar surface area (TPSA) is 281 Å². The highest BCUT2D eigenvalue weighted by Gasteiger charge is 2.37. The molecule has 5 N–H and O–H groups in total. The molecule has 0 saturated carbocycles. The molecule has 1 saturated heterocycles. The first-order valence-electron chi connectivity index (χ1n) is 39.4. The van der Waals surface area contributed by atoms with Crippen LogP contribution in [0.5, 0.6) is 0 Å². The Morgan fingerprint density at radius 2 is 1.04 bits per heavy atom. The number of phosphoric ester groups is 1. The van der Waals surface area contributed by atoms with Gasteiger partial charge in [0.1, 0.15) is 24.7 Å². The Morgan fingerprint density at radius 1 is 0.515 bits per heavy atom. The molecule has 5 amide bonds. The van der Waals surface area contributed by atoms with Crippen molar-refractivity contribution in [2.75, 3.05) is 46.1 Å². The standard InChI is InChI=1S/C81H130N5O16P/c1-9-11-13-15-17-19-21-23-25-27-29-31-36-44-73(87)97-59-69(101-74(88)45-37-32-30-28-26-24-22-20-18-16-14-12-10-2)60-100-103(95,96)99-53-50-82-78(91)75(63(7)8)85-77(90)72(54-61(3)4)102-80(93)67-48-51-86(52-49-67)79(92)71(57-65-46-47-66-42-38-39-43-68(66)55-65)83-76(89)70(56-64-40-34-33-35-41-64)84-81(94)98-58-62(5)6/h33-35,38-43,46-47,55,61-63,67,69-72,75H,9-32,36-37,44-45,48-54,56-60H2,1-8H3,(H,82,91)(H,83,89)(H,84,94)(H,85,90)(H,95,96). The predicted octanol–water partition coefficient (Wildman–Crippen LogP) is 15.9. The molecule has 103 heavy (non-hydrogen) atoms. The zero-order chi connectivity index (χ0) is 75.0. The molecular formula is C81H130N5O16P. The molecule has 4 rings (SSSR count). The zero-order valence-electron chi connectivity index (χ0n) is 63.9. The number of nitrogens with one attached hydrogen (secondary N) is 4. The SMILES string of the molecule is CCCCCCCCCCCCCCCC(=O)OCC(COP(=O)(O)OCCNC(=O)C(NC(=O)C(CC(C)C)OC(=O)C1CCN(C(=O)C(Cc2ccc3ccccc3c2)NC(=O)C(Cc2ccccc2)NC(=O)OCC(C)C)CC1)C(C)C)OC(=O)CCCCCCCCCCCCCCC. The summed E-state index contributed by atoms with van der Waals surface area (Å²) in [6, 6.07) is 19.6. The minimum atomic E-state index is -4.82. The number of nitrogens with zero attached hydrogens (tertiary/aromatic N) is 1. The number of carbonyl (C=O) groups excluding carboxylic acids is 8. The molecule has 3 aromatic carbocycles. The second-order valence-corrected chi connectivity index (χ2v) is 30.8. The summed E-state index contributed by atoms with van der Waals surface area (Å²) < 4.78 is 46.3. The average Bonchev–Trinajstić information content (AvgIpc) is 0.826. The number of likely N-dealkylation sites (tertiary alicyclic amines) is 1. The summed E-state index contributed by atoms with van der Waals surface area (Å²) in [6.07, 6.45) is 28.0. The number of benzene rings is 3. The highest BCUT2D eigenvalue weighted by atomic mass is 31.2. The Kier molecular flexibility index (Phi) is 45.4. The molecule has 0 bridgehead atoms.